The van der Waals surface area contributed by atoms with Crippen LogP contribution in [0.4, 0.5) is 9.39 Å². The highest BCUT2D eigenvalue weighted by Crippen LogP contribution is 2.38. The normalized spacial score (nSPS) is 18.9. The molecular formula is C23H29ClFN3O5S2. The first-order valence-electron chi connectivity index (χ1n) is 11.3. The lowest BCUT2D eigenvalue weighted by molar-refractivity contribution is -0.120. The van der Waals surface area contributed by atoms with Gasteiger partial charge in [0.2, 0.25) is 15.9 Å². The van der Waals surface area contributed by atoms with Gasteiger partial charge in [0.25, 0.3) is 0 Å². The standard InChI is InChI=1S/C23H28FN3O5S2.ClH/c1-3-26-12-10-18-19(14-26)33-22(20(18)23(29)32-2)25-21(28)15-5-4-11-27(13-15)34(30,31)17-8-6-16(24)7-9-17;/h6-9,15H,3-5,10-14H2,1-2H3,(H,25,28);1H. The van der Waals surface area contributed by atoms with E-state index >= 15 is 0 Å². The molecule has 1 N–H and O–H groups in total. The number of methoxy groups -OCH3 is 1. The van der Waals surface area contributed by atoms with Crippen LogP contribution in [0, 0.1) is 11.7 Å². The third kappa shape index (κ3) is 5.69. The molecule has 0 radical (unpaired) electrons. The van der Waals surface area contributed by atoms with Crippen molar-refractivity contribution in [2.24, 2.45) is 5.92 Å². The van der Waals surface area contributed by atoms with Gasteiger partial charge >= 0.3 is 5.97 Å². The molecule has 1 atom stereocenters. The van der Waals surface area contributed by atoms with Crippen molar-refractivity contribution in [3.05, 3.63) is 46.1 Å². The van der Waals surface area contributed by atoms with E-state index in [4.69, 9.17) is 4.74 Å². The zero-order valence-corrected chi connectivity index (χ0v) is 22.0. The number of sulfonamides is 1. The molecule has 1 saturated heterocycles. The molecule has 1 fully saturated rings. The van der Waals surface area contributed by atoms with E-state index in [1.54, 1.807) is 0 Å². The van der Waals surface area contributed by atoms with Crippen LogP contribution < -0.4 is 5.32 Å². The Balaban J connectivity index is 0.00000342. The van der Waals surface area contributed by atoms with Crippen molar-refractivity contribution >= 4 is 50.6 Å². The average Bonchev–Trinajstić information content (AvgIpc) is 3.20. The van der Waals surface area contributed by atoms with Crippen LogP contribution in [-0.2, 0) is 32.5 Å². The third-order valence-electron chi connectivity index (χ3n) is 6.42. The van der Waals surface area contributed by atoms with E-state index in [1.807, 2.05) is 0 Å². The molecule has 1 unspecified atom stereocenters. The molecular weight excluding hydrogens is 517 g/mol. The molecule has 12 heteroatoms. The first-order valence-corrected chi connectivity index (χ1v) is 13.5. The number of carbonyl (C=O) groups excluding carboxylic acids is 2. The monoisotopic (exact) mass is 545 g/mol. The SMILES string of the molecule is CCN1CCc2c(sc(NC(=O)C3CCCN(S(=O)(=O)c4ccc(F)cc4)C3)c2C(=O)OC)C1.Cl. The summed E-state index contributed by atoms with van der Waals surface area (Å²) in [5.41, 5.74) is 1.32. The number of fused-ring (bicyclic) bond motifs is 1. The van der Waals surface area contributed by atoms with E-state index in [2.05, 4.69) is 17.1 Å². The molecule has 35 heavy (non-hydrogen) atoms. The fraction of sp³-hybridized carbons (Fsp3) is 0.478. The quantitative estimate of drug-likeness (QED) is 0.558. The van der Waals surface area contributed by atoms with Gasteiger partial charge in [-0.05, 0) is 55.6 Å². The maximum Gasteiger partial charge on any atom is 0.341 e. The lowest BCUT2D eigenvalue weighted by Crippen LogP contribution is -2.43. The molecule has 1 aromatic carbocycles. The molecule has 2 aromatic rings. The number of likely N-dealkylation sites (N-methyl/N-ethyl adjacent to an activating group) is 1. The zero-order valence-electron chi connectivity index (χ0n) is 19.6. The Bertz CT molecular complexity index is 1190. The van der Waals surface area contributed by atoms with Gasteiger partial charge in [-0.15, -0.1) is 23.7 Å². The number of thiophene rings is 1. The van der Waals surface area contributed by atoms with Crippen molar-refractivity contribution in [2.75, 3.05) is 38.6 Å². The van der Waals surface area contributed by atoms with Crippen LogP contribution in [0.2, 0.25) is 0 Å². The van der Waals surface area contributed by atoms with Crippen molar-refractivity contribution < 1.29 is 27.1 Å². The molecule has 0 bridgehead atoms. The van der Waals surface area contributed by atoms with Crippen molar-refractivity contribution in [3.8, 4) is 0 Å². The molecule has 0 aliphatic carbocycles. The summed E-state index contributed by atoms with van der Waals surface area (Å²) in [5.74, 6) is -1.89. The summed E-state index contributed by atoms with van der Waals surface area (Å²) >= 11 is 1.38. The highest BCUT2D eigenvalue weighted by molar-refractivity contribution is 7.89. The highest BCUT2D eigenvalue weighted by atomic mass is 35.5. The number of esters is 1. The number of nitrogens with zero attached hydrogens (tertiary/aromatic N) is 2. The summed E-state index contributed by atoms with van der Waals surface area (Å²) in [6.45, 7) is 4.83. The molecule has 0 spiro atoms. The van der Waals surface area contributed by atoms with Crippen LogP contribution in [0.3, 0.4) is 0 Å². The van der Waals surface area contributed by atoms with Crippen LogP contribution in [0.15, 0.2) is 29.2 Å². The topological polar surface area (TPSA) is 96.0 Å². The number of halogens is 2. The number of nitrogens with one attached hydrogen (secondary N) is 1. The predicted molar refractivity (Wildman–Crippen MR) is 134 cm³/mol. The van der Waals surface area contributed by atoms with Gasteiger partial charge in [-0.25, -0.2) is 17.6 Å². The molecule has 1 amide bonds. The minimum Gasteiger partial charge on any atom is -0.465 e. The van der Waals surface area contributed by atoms with Gasteiger partial charge in [0, 0.05) is 31.1 Å². The maximum atomic E-state index is 13.2. The van der Waals surface area contributed by atoms with Crippen LogP contribution in [-0.4, -0.2) is 62.8 Å². The van der Waals surface area contributed by atoms with Gasteiger partial charge in [0.15, 0.2) is 0 Å². The number of anilines is 1. The van der Waals surface area contributed by atoms with Crippen LogP contribution in [0.25, 0.3) is 0 Å². The van der Waals surface area contributed by atoms with Crippen molar-refractivity contribution in [3.63, 3.8) is 0 Å². The zero-order chi connectivity index (χ0) is 24.5. The highest BCUT2D eigenvalue weighted by Gasteiger charge is 2.35. The molecule has 2 aliphatic heterocycles. The van der Waals surface area contributed by atoms with Gasteiger partial charge in [0.1, 0.15) is 10.8 Å². The number of ether oxygens (including phenoxy) is 1. The molecule has 3 heterocycles. The molecule has 4 rings (SSSR count). The van der Waals surface area contributed by atoms with Crippen LogP contribution >= 0.6 is 23.7 Å². The third-order valence-corrected chi connectivity index (χ3v) is 9.43. The summed E-state index contributed by atoms with van der Waals surface area (Å²) in [6.07, 6.45) is 1.76. The van der Waals surface area contributed by atoms with Crippen LogP contribution in [0.1, 0.15) is 40.6 Å². The van der Waals surface area contributed by atoms with Crippen LogP contribution in [0.5, 0.6) is 0 Å². The number of piperidine rings is 1. The van der Waals surface area contributed by atoms with E-state index in [9.17, 15) is 22.4 Å². The summed E-state index contributed by atoms with van der Waals surface area (Å²) < 4.78 is 45.5. The Labute approximate surface area is 214 Å². The summed E-state index contributed by atoms with van der Waals surface area (Å²) in [4.78, 5) is 29.0. The van der Waals surface area contributed by atoms with E-state index in [0.717, 1.165) is 35.7 Å². The number of carbonyl (C=O) groups is 2. The van der Waals surface area contributed by atoms with Crippen molar-refractivity contribution in [2.45, 2.75) is 37.6 Å². The second-order valence-electron chi connectivity index (χ2n) is 8.46. The number of hydrogen-bond acceptors (Lipinski definition) is 7. The fourth-order valence-corrected chi connectivity index (χ4v) is 7.28. The van der Waals surface area contributed by atoms with Gasteiger partial charge in [-0.3, -0.25) is 9.69 Å². The van der Waals surface area contributed by atoms with E-state index < -0.39 is 27.7 Å². The van der Waals surface area contributed by atoms with Gasteiger partial charge in [0.05, 0.1) is 23.5 Å². The number of hydrogen-bond donors (Lipinski definition) is 1. The molecule has 1 aromatic heterocycles. The molecule has 8 nitrogen and oxygen atoms in total. The van der Waals surface area contributed by atoms with Crippen molar-refractivity contribution in [1.82, 2.24) is 9.21 Å². The largest absolute Gasteiger partial charge is 0.465 e. The Morgan fingerprint density at radius 3 is 2.60 bits per heavy atom. The summed E-state index contributed by atoms with van der Waals surface area (Å²) in [5, 5.41) is 3.35. The number of amides is 1. The van der Waals surface area contributed by atoms with Gasteiger partial charge in [-0.2, -0.15) is 4.31 Å². The predicted octanol–water partition coefficient (Wildman–Crippen LogP) is 3.51. The smallest absolute Gasteiger partial charge is 0.341 e. The Kier molecular flexibility index (Phi) is 8.92. The second kappa shape index (κ2) is 11.3. The fourth-order valence-electron chi connectivity index (χ4n) is 4.48. The van der Waals surface area contributed by atoms with E-state index in [-0.39, 0.29) is 36.3 Å². The van der Waals surface area contributed by atoms with Gasteiger partial charge < -0.3 is 10.1 Å². The Hall–Kier alpha value is -2.05. The summed E-state index contributed by atoms with van der Waals surface area (Å²) in [6, 6.07) is 4.67. The lowest BCUT2D eigenvalue weighted by atomic mass is 9.98. The summed E-state index contributed by atoms with van der Waals surface area (Å²) in [7, 11) is -2.53. The molecule has 2 aliphatic rings. The lowest BCUT2D eigenvalue weighted by Gasteiger charge is -2.31. The first kappa shape index (κ1) is 27.5. The minimum atomic E-state index is -3.85. The Morgan fingerprint density at radius 2 is 1.94 bits per heavy atom. The van der Waals surface area contributed by atoms with E-state index in [1.165, 1.54) is 34.9 Å². The number of benzene rings is 1. The average molecular weight is 546 g/mol. The van der Waals surface area contributed by atoms with Gasteiger partial charge in [-0.1, -0.05) is 6.92 Å². The first-order chi connectivity index (χ1) is 16.2. The second-order valence-corrected chi connectivity index (χ2v) is 11.5. The molecule has 0 saturated carbocycles. The molecule has 192 valence electrons. The Morgan fingerprint density at radius 1 is 1.23 bits per heavy atom. The minimum absolute atomic E-state index is 0. The van der Waals surface area contributed by atoms with Crippen molar-refractivity contribution in [1.29, 1.82) is 0 Å². The van der Waals surface area contributed by atoms with E-state index in [0.29, 0.717) is 36.4 Å². The number of rotatable bonds is 6. The maximum absolute atomic E-state index is 13.2.